The second-order valence-corrected chi connectivity index (χ2v) is 8.99. The van der Waals surface area contributed by atoms with Crippen molar-refractivity contribution in [2.45, 2.75) is 17.9 Å². The van der Waals surface area contributed by atoms with E-state index < -0.39 is 27.9 Å². The minimum atomic E-state index is -3.87. The van der Waals surface area contributed by atoms with Gasteiger partial charge in [-0.3, -0.25) is 9.52 Å². The Morgan fingerprint density at radius 2 is 1.58 bits per heavy atom. The second kappa shape index (κ2) is 9.55. The molecule has 0 bridgehead atoms. The molecular weight excluding hydrogens is 466 g/mol. The van der Waals surface area contributed by atoms with E-state index in [0.29, 0.717) is 16.5 Å². The normalized spacial score (nSPS) is 12.1. The van der Waals surface area contributed by atoms with E-state index in [1.807, 2.05) is 0 Å². The third kappa shape index (κ3) is 6.10. The van der Waals surface area contributed by atoms with Crippen LogP contribution in [-0.4, -0.2) is 20.4 Å². The van der Waals surface area contributed by atoms with Crippen LogP contribution in [0.25, 0.3) is 0 Å². The number of amides is 1. The van der Waals surface area contributed by atoms with E-state index >= 15 is 0 Å². The molecule has 0 aliphatic rings. The highest BCUT2D eigenvalue weighted by Crippen LogP contribution is 2.28. The van der Waals surface area contributed by atoms with Gasteiger partial charge in [0.2, 0.25) is 0 Å². The third-order valence-electron chi connectivity index (χ3n) is 4.10. The molecule has 3 aromatic rings. The predicted octanol–water partition coefficient (Wildman–Crippen LogP) is 5.34. The lowest BCUT2D eigenvalue weighted by molar-refractivity contribution is -0.122. The Kier molecular flexibility index (Phi) is 7.04. The van der Waals surface area contributed by atoms with Gasteiger partial charge in [0.15, 0.2) is 6.10 Å². The van der Waals surface area contributed by atoms with Crippen LogP contribution in [0.1, 0.15) is 6.92 Å². The summed E-state index contributed by atoms with van der Waals surface area (Å²) < 4.78 is 45.8. The molecule has 0 aromatic heterocycles. The van der Waals surface area contributed by atoms with E-state index in [0.717, 1.165) is 12.1 Å². The zero-order valence-corrected chi connectivity index (χ0v) is 18.4. The smallest absolute Gasteiger partial charge is 0.265 e. The molecule has 31 heavy (non-hydrogen) atoms. The molecule has 10 heteroatoms. The number of rotatable bonds is 7. The lowest BCUT2D eigenvalue weighted by Gasteiger charge is -2.16. The highest BCUT2D eigenvalue weighted by atomic mass is 35.5. The quantitative estimate of drug-likeness (QED) is 0.475. The van der Waals surface area contributed by atoms with Crippen LogP contribution in [0.5, 0.6) is 5.75 Å². The van der Waals surface area contributed by atoms with Crippen molar-refractivity contribution in [2.24, 2.45) is 0 Å². The molecule has 0 spiro atoms. The van der Waals surface area contributed by atoms with Gasteiger partial charge in [-0.15, -0.1) is 0 Å². The maximum absolute atomic E-state index is 13.0. The Morgan fingerprint density at radius 1 is 0.968 bits per heavy atom. The molecule has 3 rings (SSSR count). The Hall–Kier alpha value is -2.81. The van der Waals surface area contributed by atoms with Crippen LogP contribution in [0.2, 0.25) is 10.0 Å². The molecule has 2 N–H and O–H groups in total. The second-order valence-electron chi connectivity index (χ2n) is 6.46. The molecule has 0 aliphatic heterocycles. The number of benzene rings is 3. The fourth-order valence-corrected chi connectivity index (χ4v) is 4.02. The van der Waals surface area contributed by atoms with Crippen molar-refractivity contribution >= 4 is 50.5 Å². The predicted molar refractivity (Wildman–Crippen MR) is 119 cm³/mol. The number of halogens is 3. The van der Waals surface area contributed by atoms with Gasteiger partial charge in [0, 0.05) is 16.4 Å². The number of hydrogen-bond donors (Lipinski definition) is 2. The van der Waals surface area contributed by atoms with Crippen molar-refractivity contribution in [3.63, 3.8) is 0 Å². The average Bonchev–Trinajstić information content (AvgIpc) is 2.72. The largest absolute Gasteiger partial charge is 0.479 e. The third-order valence-corrected chi connectivity index (χ3v) is 6.02. The summed E-state index contributed by atoms with van der Waals surface area (Å²) in [6.07, 6.45) is -0.873. The van der Waals surface area contributed by atoms with Gasteiger partial charge in [0.25, 0.3) is 15.9 Å². The molecule has 0 radical (unpaired) electrons. The molecule has 1 atom stereocenters. The van der Waals surface area contributed by atoms with Crippen LogP contribution >= 0.6 is 23.2 Å². The topological polar surface area (TPSA) is 84.5 Å². The highest BCUT2D eigenvalue weighted by molar-refractivity contribution is 7.92. The van der Waals surface area contributed by atoms with Crippen LogP contribution < -0.4 is 14.8 Å². The molecule has 0 aliphatic carbocycles. The van der Waals surface area contributed by atoms with Gasteiger partial charge >= 0.3 is 0 Å². The summed E-state index contributed by atoms with van der Waals surface area (Å²) in [5.41, 5.74) is 0.606. The van der Waals surface area contributed by atoms with Crippen molar-refractivity contribution in [3.05, 3.63) is 82.6 Å². The average molecular weight is 483 g/mol. The summed E-state index contributed by atoms with van der Waals surface area (Å²) in [6, 6.07) is 15.1. The van der Waals surface area contributed by atoms with Gasteiger partial charge in [-0.05, 0) is 73.7 Å². The molecule has 162 valence electrons. The first-order chi connectivity index (χ1) is 14.6. The minimum Gasteiger partial charge on any atom is -0.479 e. The fraction of sp³-hybridized carbons (Fsp3) is 0.0952. The Bertz CT molecular complexity index is 1190. The number of sulfonamides is 1. The SMILES string of the molecule is CC(Oc1ccc(Cl)cc1Cl)C(=O)Nc1ccc(S(=O)(=O)Nc2ccc(F)cc2)cc1. The van der Waals surface area contributed by atoms with E-state index in [9.17, 15) is 17.6 Å². The highest BCUT2D eigenvalue weighted by Gasteiger charge is 2.18. The van der Waals surface area contributed by atoms with E-state index in [-0.39, 0.29) is 15.6 Å². The van der Waals surface area contributed by atoms with Crippen molar-refractivity contribution in [3.8, 4) is 5.75 Å². The number of carbonyl (C=O) groups excluding carboxylic acids is 1. The van der Waals surface area contributed by atoms with Gasteiger partial charge in [-0.2, -0.15) is 0 Å². The number of hydrogen-bond acceptors (Lipinski definition) is 4. The first-order valence-electron chi connectivity index (χ1n) is 8.95. The zero-order chi connectivity index (χ0) is 22.6. The summed E-state index contributed by atoms with van der Waals surface area (Å²) in [5.74, 6) is -0.618. The fourth-order valence-electron chi connectivity index (χ4n) is 2.51. The zero-order valence-electron chi connectivity index (χ0n) is 16.1. The first kappa shape index (κ1) is 22.9. The minimum absolute atomic E-state index is 0.0212. The summed E-state index contributed by atoms with van der Waals surface area (Å²) in [5, 5.41) is 3.35. The van der Waals surface area contributed by atoms with E-state index in [1.165, 1.54) is 42.5 Å². The van der Waals surface area contributed by atoms with Gasteiger partial charge in [-0.1, -0.05) is 23.2 Å². The Balaban J connectivity index is 1.63. The van der Waals surface area contributed by atoms with Crippen molar-refractivity contribution < 1.29 is 22.3 Å². The maximum atomic E-state index is 13.0. The molecule has 1 amide bonds. The monoisotopic (exact) mass is 482 g/mol. The van der Waals surface area contributed by atoms with Crippen LogP contribution in [0.3, 0.4) is 0 Å². The number of anilines is 2. The molecule has 1 unspecified atom stereocenters. The van der Waals surface area contributed by atoms with Gasteiger partial charge in [-0.25, -0.2) is 12.8 Å². The number of ether oxygens (including phenoxy) is 1. The Labute approximate surface area is 189 Å². The number of carbonyl (C=O) groups is 1. The molecule has 0 saturated carbocycles. The summed E-state index contributed by atoms with van der Waals surface area (Å²) in [6.45, 7) is 1.55. The lowest BCUT2D eigenvalue weighted by Crippen LogP contribution is -2.30. The van der Waals surface area contributed by atoms with E-state index in [1.54, 1.807) is 19.1 Å². The molecular formula is C21H17Cl2FN2O4S. The van der Waals surface area contributed by atoms with Crippen molar-refractivity contribution in [1.29, 1.82) is 0 Å². The first-order valence-corrected chi connectivity index (χ1v) is 11.2. The van der Waals surface area contributed by atoms with Crippen LogP contribution in [-0.2, 0) is 14.8 Å². The van der Waals surface area contributed by atoms with Crippen LogP contribution in [0.15, 0.2) is 71.6 Å². The van der Waals surface area contributed by atoms with Gasteiger partial charge in [0.05, 0.1) is 9.92 Å². The molecule has 0 fully saturated rings. The standard InChI is InChI=1S/C21H17Cl2FN2O4S/c1-13(30-20-11-2-14(22)12-19(20)23)21(27)25-16-7-9-18(10-8-16)31(28,29)26-17-5-3-15(24)4-6-17/h2-13,26H,1H3,(H,25,27). The van der Waals surface area contributed by atoms with Crippen molar-refractivity contribution in [2.75, 3.05) is 10.0 Å². The maximum Gasteiger partial charge on any atom is 0.265 e. The van der Waals surface area contributed by atoms with Gasteiger partial charge in [0.1, 0.15) is 11.6 Å². The molecule has 0 saturated heterocycles. The molecule has 6 nitrogen and oxygen atoms in total. The number of nitrogens with one attached hydrogen (secondary N) is 2. The molecule has 3 aromatic carbocycles. The molecule has 0 heterocycles. The van der Waals surface area contributed by atoms with Crippen LogP contribution in [0.4, 0.5) is 15.8 Å². The van der Waals surface area contributed by atoms with Gasteiger partial charge < -0.3 is 10.1 Å². The van der Waals surface area contributed by atoms with Crippen molar-refractivity contribution in [1.82, 2.24) is 0 Å². The Morgan fingerprint density at radius 3 is 2.19 bits per heavy atom. The summed E-state index contributed by atoms with van der Waals surface area (Å²) in [7, 11) is -3.87. The van der Waals surface area contributed by atoms with E-state index in [2.05, 4.69) is 10.0 Å². The lowest BCUT2D eigenvalue weighted by atomic mass is 10.3. The van der Waals surface area contributed by atoms with E-state index in [4.69, 9.17) is 27.9 Å². The summed E-state index contributed by atoms with van der Waals surface area (Å²) >= 11 is 11.9. The van der Waals surface area contributed by atoms with Crippen LogP contribution in [0, 0.1) is 5.82 Å². The summed E-state index contributed by atoms with van der Waals surface area (Å²) in [4.78, 5) is 12.4.